The minimum Gasteiger partial charge on any atom is -0.507 e. The summed E-state index contributed by atoms with van der Waals surface area (Å²) in [7, 11) is 3.52. The summed E-state index contributed by atoms with van der Waals surface area (Å²) in [6, 6.07) is 5.63. The third kappa shape index (κ3) is 5.49. The molecule has 0 unspecified atom stereocenters. The summed E-state index contributed by atoms with van der Waals surface area (Å²) >= 11 is 6.12. The highest BCUT2D eigenvalue weighted by molar-refractivity contribution is 6.33. The molecule has 7 rings (SSSR count). The van der Waals surface area contributed by atoms with Crippen molar-refractivity contribution in [1.29, 1.82) is 0 Å². The van der Waals surface area contributed by atoms with Gasteiger partial charge in [-0.2, -0.15) is 13.2 Å². The average Bonchev–Trinajstić information content (AvgIpc) is 3.65. The van der Waals surface area contributed by atoms with E-state index in [1.54, 1.807) is 34.5 Å². The number of carbonyl (C=O) groups is 2. The monoisotopic (exact) mass is 709 g/mol. The molecular formula is C34H31ClF3N7O5. The number of phenols is 1. The van der Waals surface area contributed by atoms with E-state index in [-0.39, 0.29) is 69.8 Å². The predicted octanol–water partition coefficient (Wildman–Crippen LogP) is 5.70. The Morgan fingerprint density at radius 1 is 1.16 bits per heavy atom. The summed E-state index contributed by atoms with van der Waals surface area (Å²) < 4.78 is 46.7. The maximum Gasteiger partial charge on any atom is 0.416 e. The van der Waals surface area contributed by atoms with Crippen LogP contribution in [-0.4, -0.2) is 68.5 Å². The van der Waals surface area contributed by atoms with Gasteiger partial charge < -0.3 is 29.2 Å². The van der Waals surface area contributed by atoms with Crippen molar-refractivity contribution >= 4 is 57.2 Å². The average molecular weight is 710 g/mol. The fourth-order valence-corrected chi connectivity index (χ4v) is 7.62. The zero-order valence-electron chi connectivity index (χ0n) is 27.1. The number of nitrogens with one attached hydrogen (secondary N) is 1. The van der Waals surface area contributed by atoms with Crippen LogP contribution in [0.2, 0.25) is 5.02 Å². The molecule has 50 heavy (non-hydrogen) atoms. The van der Waals surface area contributed by atoms with E-state index in [4.69, 9.17) is 16.0 Å². The molecule has 2 amide bonds. The summed E-state index contributed by atoms with van der Waals surface area (Å²) in [5, 5.41) is 12.9. The number of rotatable bonds is 5. The van der Waals surface area contributed by atoms with E-state index in [2.05, 4.69) is 20.3 Å². The van der Waals surface area contributed by atoms with Crippen molar-refractivity contribution in [2.75, 3.05) is 37.4 Å². The molecule has 2 N–H and O–H groups in total. The van der Waals surface area contributed by atoms with Crippen LogP contribution in [0.1, 0.15) is 59.3 Å². The normalized spacial score (nSPS) is 17.0. The molecule has 5 aromatic rings. The third-order valence-electron chi connectivity index (χ3n) is 9.71. The van der Waals surface area contributed by atoms with Crippen LogP contribution >= 0.6 is 11.6 Å². The number of fused-ring (bicyclic) bond motifs is 4. The van der Waals surface area contributed by atoms with Gasteiger partial charge in [0.25, 0.3) is 5.91 Å². The van der Waals surface area contributed by atoms with Gasteiger partial charge >= 0.3 is 6.18 Å². The van der Waals surface area contributed by atoms with Crippen molar-refractivity contribution < 1.29 is 32.3 Å². The number of benzene rings is 2. The second-order valence-electron chi connectivity index (χ2n) is 13.0. The summed E-state index contributed by atoms with van der Waals surface area (Å²) in [4.78, 5) is 58.2. The van der Waals surface area contributed by atoms with Crippen LogP contribution in [0.4, 0.5) is 24.7 Å². The first-order valence-corrected chi connectivity index (χ1v) is 16.2. The topological polar surface area (TPSA) is 147 Å². The zero-order chi connectivity index (χ0) is 35.7. The Labute approximate surface area is 287 Å². The van der Waals surface area contributed by atoms with Gasteiger partial charge in [-0.05, 0) is 55.5 Å². The van der Waals surface area contributed by atoms with E-state index >= 15 is 0 Å². The highest BCUT2D eigenvalue weighted by atomic mass is 35.5. The molecule has 0 bridgehead atoms. The van der Waals surface area contributed by atoms with E-state index in [1.807, 2.05) is 6.92 Å². The van der Waals surface area contributed by atoms with Crippen LogP contribution in [0.5, 0.6) is 5.75 Å². The van der Waals surface area contributed by atoms with E-state index in [9.17, 15) is 32.7 Å². The number of hydrogen-bond donors (Lipinski definition) is 2. The standard InChI is InChI=1S/C34H31ClF3N7O5/c1-17-13-33(8-10-44(11-9-33)32(49)25-22(46)7-6-21-30(25)50-16-40-21)26-28(17)45(31-27(29(26)48)42-23(14-39-31)43(2)3)15-24(47)41-20-5-4-18(12-19(20)35)34(36,37)38/h4-7,12,14,16-17,46H,8-11,13,15H2,1-3H3,(H,41,47)/t17-/m0/s1. The van der Waals surface area contributed by atoms with Crippen molar-refractivity contribution in [3.63, 3.8) is 0 Å². The molecule has 4 heterocycles. The molecule has 1 aliphatic carbocycles. The molecule has 260 valence electrons. The lowest BCUT2D eigenvalue weighted by atomic mass is 9.73. The number of aromatic nitrogens is 4. The number of oxazole rings is 1. The van der Waals surface area contributed by atoms with E-state index in [0.29, 0.717) is 41.9 Å². The zero-order valence-corrected chi connectivity index (χ0v) is 27.9. The fraction of sp³-hybridized carbons (Fsp3) is 0.353. The first-order valence-electron chi connectivity index (χ1n) is 15.8. The lowest BCUT2D eigenvalue weighted by Gasteiger charge is -2.40. The van der Waals surface area contributed by atoms with E-state index < -0.39 is 29.0 Å². The molecular weight excluding hydrogens is 679 g/mol. The summed E-state index contributed by atoms with van der Waals surface area (Å²) in [5.74, 6) is -0.993. The Morgan fingerprint density at radius 3 is 2.58 bits per heavy atom. The van der Waals surface area contributed by atoms with Crippen LogP contribution < -0.4 is 15.6 Å². The number of hydrogen-bond acceptors (Lipinski definition) is 9. The lowest BCUT2D eigenvalue weighted by molar-refractivity contribution is -0.137. The maximum atomic E-state index is 14.4. The fourth-order valence-electron chi connectivity index (χ4n) is 7.39. The van der Waals surface area contributed by atoms with Crippen LogP contribution in [0, 0.1) is 0 Å². The number of aromatic hydroxyl groups is 1. The number of piperidine rings is 1. The second kappa shape index (κ2) is 12.0. The number of anilines is 2. The van der Waals surface area contributed by atoms with Crippen LogP contribution in [0.25, 0.3) is 22.3 Å². The van der Waals surface area contributed by atoms with Crippen LogP contribution in [-0.2, 0) is 22.9 Å². The van der Waals surface area contributed by atoms with Crippen molar-refractivity contribution in [2.45, 2.75) is 50.2 Å². The third-order valence-corrected chi connectivity index (χ3v) is 10.0. The van der Waals surface area contributed by atoms with Crippen molar-refractivity contribution in [2.24, 2.45) is 0 Å². The van der Waals surface area contributed by atoms with Gasteiger partial charge in [0.15, 0.2) is 23.1 Å². The number of halogens is 4. The van der Waals surface area contributed by atoms with Crippen LogP contribution in [0.3, 0.4) is 0 Å². The van der Waals surface area contributed by atoms with Crippen molar-refractivity contribution in [3.05, 3.63) is 80.6 Å². The summed E-state index contributed by atoms with van der Waals surface area (Å²) in [5.41, 5.74) is 0.145. The second-order valence-corrected chi connectivity index (χ2v) is 13.5. The highest BCUT2D eigenvalue weighted by Gasteiger charge is 2.49. The Hall–Kier alpha value is -5.18. The number of carbonyl (C=O) groups excluding carboxylic acids is 2. The number of nitrogens with zero attached hydrogens (tertiary/aromatic N) is 6. The van der Waals surface area contributed by atoms with Gasteiger partial charge in [-0.3, -0.25) is 14.4 Å². The molecule has 0 saturated carbocycles. The van der Waals surface area contributed by atoms with Crippen LogP contribution in [0.15, 0.2) is 52.1 Å². The molecule has 1 aliphatic heterocycles. The largest absolute Gasteiger partial charge is 0.507 e. The summed E-state index contributed by atoms with van der Waals surface area (Å²) in [6.45, 7) is 2.20. The number of phenolic OH excluding ortho intramolecular Hbond substituents is 1. The molecule has 16 heteroatoms. The molecule has 1 atom stereocenters. The molecule has 3 aromatic heterocycles. The Kier molecular flexibility index (Phi) is 8.00. The maximum absolute atomic E-state index is 14.4. The predicted molar refractivity (Wildman–Crippen MR) is 179 cm³/mol. The Bertz CT molecular complexity index is 2260. The van der Waals surface area contributed by atoms with Gasteiger partial charge in [0.2, 0.25) is 11.3 Å². The molecule has 2 aliphatic rings. The lowest BCUT2D eigenvalue weighted by Crippen LogP contribution is -2.46. The number of alkyl halides is 3. The highest BCUT2D eigenvalue weighted by Crippen LogP contribution is 2.51. The Morgan fingerprint density at radius 2 is 1.90 bits per heavy atom. The molecule has 2 aromatic carbocycles. The molecule has 1 spiro atoms. The Balaban J connectivity index is 1.25. The molecule has 12 nitrogen and oxygen atoms in total. The number of pyridine rings is 1. The first-order chi connectivity index (χ1) is 23.7. The smallest absolute Gasteiger partial charge is 0.416 e. The van der Waals surface area contributed by atoms with Gasteiger partial charge in [0.1, 0.15) is 29.2 Å². The molecule has 1 fully saturated rings. The SMILES string of the molecule is C[C@H]1CC2(CCN(C(=O)c3c(O)ccc4ncoc34)CC2)c2c1n(CC(=O)Nc1ccc(C(F)(F)F)cc1Cl)c1ncc(N(C)C)nc1c2=O. The molecule has 0 radical (unpaired) electrons. The number of amides is 2. The van der Waals surface area contributed by atoms with Gasteiger partial charge in [0, 0.05) is 43.9 Å². The van der Waals surface area contributed by atoms with Gasteiger partial charge in [-0.1, -0.05) is 18.5 Å². The van der Waals surface area contributed by atoms with Crippen molar-refractivity contribution in [3.8, 4) is 5.75 Å². The first kappa shape index (κ1) is 33.3. The molecule has 1 saturated heterocycles. The van der Waals surface area contributed by atoms with Crippen molar-refractivity contribution in [1.82, 2.24) is 24.4 Å². The van der Waals surface area contributed by atoms with E-state index in [0.717, 1.165) is 18.2 Å². The van der Waals surface area contributed by atoms with Gasteiger partial charge in [-0.25, -0.2) is 15.0 Å². The summed E-state index contributed by atoms with van der Waals surface area (Å²) in [6.07, 6.45) is -0.476. The minimum absolute atomic E-state index is 0.00116. The number of likely N-dealkylation sites (tertiary alicyclic amines) is 1. The quantitative estimate of drug-likeness (QED) is 0.235. The minimum atomic E-state index is -4.60. The van der Waals surface area contributed by atoms with Gasteiger partial charge in [-0.15, -0.1) is 0 Å². The van der Waals surface area contributed by atoms with Gasteiger partial charge in [0.05, 0.1) is 22.5 Å². The van der Waals surface area contributed by atoms with E-state index in [1.165, 1.54) is 18.7 Å².